The molecule has 2 aromatic rings. The topological polar surface area (TPSA) is 42.4 Å². The van der Waals surface area contributed by atoms with E-state index in [1.807, 2.05) is 0 Å². The molecular formula is C21H22F4N2O2. The van der Waals surface area contributed by atoms with E-state index in [1.165, 1.54) is 12.1 Å². The molecule has 1 fully saturated rings. The minimum atomic E-state index is -4.26. The van der Waals surface area contributed by atoms with Gasteiger partial charge < -0.3 is 9.64 Å². The highest BCUT2D eigenvalue weighted by Crippen LogP contribution is 2.39. The van der Waals surface area contributed by atoms with Crippen molar-refractivity contribution in [3.05, 3.63) is 65.7 Å². The van der Waals surface area contributed by atoms with Gasteiger partial charge in [0, 0.05) is 44.0 Å². The summed E-state index contributed by atoms with van der Waals surface area (Å²) < 4.78 is 56.9. The number of carbonyl (C=O) groups excluding carboxylic acids is 1. The molecule has 0 spiro atoms. The van der Waals surface area contributed by atoms with Gasteiger partial charge in [-0.3, -0.25) is 9.78 Å². The van der Waals surface area contributed by atoms with Gasteiger partial charge in [-0.15, -0.1) is 0 Å². The number of pyridine rings is 1. The third-order valence-corrected chi connectivity index (χ3v) is 4.86. The lowest BCUT2D eigenvalue weighted by Crippen LogP contribution is -2.35. The standard InChI is InChI=1S/C21H22F4N2O2/c22-17-8-6-15(7-9-17)19(27-12-2-5-18(27)28)20(16-4-1-11-26-14-16)29-13-3-10-21(23,24)25/h1,4,6-9,11,14,19-20H,2-3,5,10,12-13H2/t19-,20?/m0/s1. The largest absolute Gasteiger partial charge is 0.389 e. The summed E-state index contributed by atoms with van der Waals surface area (Å²) in [6.45, 7) is 0.377. The van der Waals surface area contributed by atoms with Crippen LogP contribution in [-0.4, -0.2) is 35.1 Å². The van der Waals surface area contributed by atoms with Crippen molar-refractivity contribution in [2.75, 3.05) is 13.2 Å². The van der Waals surface area contributed by atoms with Gasteiger partial charge in [-0.2, -0.15) is 13.2 Å². The van der Waals surface area contributed by atoms with Gasteiger partial charge in [0.2, 0.25) is 5.91 Å². The minimum absolute atomic E-state index is 0.0629. The van der Waals surface area contributed by atoms with Crippen molar-refractivity contribution in [2.45, 2.75) is 44.0 Å². The Hall–Kier alpha value is -2.48. The fraction of sp³-hybridized carbons (Fsp3) is 0.429. The predicted molar refractivity (Wildman–Crippen MR) is 98.3 cm³/mol. The first-order valence-electron chi connectivity index (χ1n) is 9.48. The molecule has 1 aromatic carbocycles. The van der Waals surface area contributed by atoms with Gasteiger partial charge in [-0.25, -0.2) is 4.39 Å². The number of nitrogens with zero attached hydrogens (tertiary/aromatic N) is 2. The maximum absolute atomic E-state index is 13.5. The van der Waals surface area contributed by atoms with Crippen molar-refractivity contribution in [1.29, 1.82) is 0 Å². The maximum atomic E-state index is 13.5. The molecule has 0 bridgehead atoms. The molecule has 29 heavy (non-hydrogen) atoms. The van der Waals surface area contributed by atoms with Gasteiger partial charge in [0.1, 0.15) is 11.9 Å². The maximum Gasteiger partial charge on any atom is 0.389 e. The highest BCUT2D eigenvalue weighted by atomic mass is 19.4. The normalized spacial score (nSPS) is 16.8. The van der Waals surface area contributed by atoms with Gasteiger partial charge in [-0.05, 0) is 36.6 Å². The van der Waals surface area contributed by atoms with Crippen LogP contribution in [0.5, 0.6) is 0 Å². The van der Waals surface area contributed by atoms with E-state index in [-0.39, 0.29) is 18.9 Å². The molecule has 0 radical (unpaired) electrons. The first-order valence-corrected chi connectivity index (χ1v) is 9.48. The van der Waals surface area contributed by atoms with E-state index >= 15 is 0 Å². The number of likely N-dealkylation sites (tertiary alicyclic amines) is 1. The summed E-state index contributed by atoms with van der Waals surface area (Å²) >= 11 is 0. The zero-order valence-electron chi connectivity index (χ0n) is 15.7. The van der Waals surface area contributed by atoms with Gasteiger partial charge in [0.05, 0.1) is 6.04 Å². The van der Waals surface area contributed by atoms with Crippen LogP contribution in [0.1, 0.15) is 49.0 Å². The minimum Gasteiger partial charge on any atom is -0.371 e. The van der Waals surface area contributed by atoms with Crippen molar-refractivity contribution in [1.82, 2.24) is 9.88 Å². The molecule has 0 aliphatic carbocycles. The first kappa shape index (κ1) is 21.2. The average molecular weight is 410 g/mol. The molecular weight excluding hydrogens is 388 g/mol. The fourth-order valence-corrected chi connectivity index (χ4v) is 3.54. The molecule has 1 aliphatic rings. The van der Waals surface area contributed by atoms with Crippen molar-refractivity contribution >= 4 is 5.91 Å². The van der Waals surface area contributed by atoms with Crippen LogP contribution >= 0.6 is 0 Å². The highest BCUT2D eigenvalue weighted by molar-refractivity contribution is 5.78. The molecule has 1 amide bonds. The first-order chi connectivity index (χ1) is 13.8. The fourth-order valence-electron chi connectivity index (χ4n) is 3.54. The van der Waals surface area contributed by atoms with Crippen LogP contribution in [-0.2, 0) is 9.53 Å². The third-order valence-electron chi connectivity index (χ3n) is 4.86. The molecule has 1 aliphatic heterocycles. The summed E-state index contributed by atoms with van der Waals surface area (Å²) in [6, 6.07) is 8.63. The zero-order valence-corrected chi connectivity index (χ0v) is 15.7. The number of alkyl halides is 3. The molecule has 4 nitrogen and oxygen atoms in total. The second-order valence-corrected chi connectivity index (χ2v) is 6.98. The molecule has 1 unspecified atom stereocenters. The third kappa shape index (κ3) is 5.76. The van der Waals surface area contributed by atoms with Crippen LogP contribution < -0.4 is 0 Å². The smallest absolute Gasteiger partial charge is 0.371 e. The number of ether oxygens (including phenoxy) is 1. The SMILES string of the molecule is O=C1CCCN1[C@@H](c1ccc(F)cc1)C(OCCCC(F)(F)F)c1cccnc1. The van der Waals surface area contributed by atoms with E-state index in [0.29, 0.717) is 30.5 Å². The Morgan fingerprint density at radius 3 is 2.48 bits per heavy atom. The van der Waals surface area contributed by atoms with Crippen LogP contribution in [0.2, 0.25) is 0 Å². The number of halogens is 4. The molecule has 8 heteroatoms. The number of carbonyl (C=O) groups is 1. The number of hydrogen-bond donors (Lipinski definition) is 0. The Kier molecular flexibility index (Phi) is 6.84. The van der Waals surface area contributed by atoms with Crippen molar-refractivity contribution in [3.8, 4) is 0 Å². The summed E-state index contributed by atoms with van der Waals surface area (Å²) in [4.78, 5) is 18.2. The van der Waals surface area contributed by atoms with Crippen molar-refractivity contribution < 1.29 is 27.1 Å². The van der Waals surface area contributed by atoms with E-state index < -0.39 is 30.6 Å². The lowest BCUT2D eigenvalue weighted by Gasteiger charge is -2.35. The van der Waals surface area contributed by atoms with E-state index in [1.54, 1.807) is 41.6 Å². The summed E-state index contributed by atoms with van der Waals surface area (Å²) in [5, 5.41) is 0. The lowest BCUT2D eigenvalue weighted by atomic mass is 9.95. The Morgan fingerprint density at radius 1 is 1.14 bits per heavy atom. The Balaban J connectivity index is 1.91. The Labute approximate surface area is 166 Å². The number of amides is 1. The monoisotopic (exact) mass is 410 g/mol. The van der Waals surface area contributed by atoms with Crippen LogP contribution in [0.25, 0.3) is 0 Å². The Morgan fingerprint density at radius 2 is 1.90 bits per heavy atom. The summed E-state index contributed by atoms with van der Waals surface area (Å²) in [6.07, 6.45) is -1.88. The Bertz CT molecular complexity index is 797. The van der Waals surface area contributed by atoms with Crippen molar-refractivity contribution in [3.63, 3.8) is 0 Å². The molecule has 1 saturated heterocycles. The predicted octanol–water partition coefficient (Wildman–Crippen LogP) is 4.98. The molecule has 156 valence electrons. The molecule has 1 aromatic heterocycles. The quantitative estimate of drug-likeness (QED) is 0.455. The lowest BCUT2D eigenvalue weighted by molar-refractivity contribution is -0.141. The van der Waals surface area contributed by atoms with E-state index in [4.69, 9.17) is 4.74 Å². The van der Waals surface area contributed by atoms with Crippen LogP contribution in [0.3, 0.4) is 0 Å². The van der Waals surface area contributed by atoms with E-state index in [0.717, 1.165) is 0 Å². The van der Waals surface area contributed by atoms with Crippen LogP contribution in [0.4, 0.5) is 17.6 Å². The van der Waals surface area contributed by atoms with Gasteiger partial charge in [0.15, 0.2) is 0 Å². The zero-order chi connectivity index (χ0) is 20.9. The van der Waals surface area contributed by atoms with Crippen molar-refractivity contribution in [2.24, 2.45) is 0 Å². The number of benzene rings is 1. The second-order valence-electron chi connectivity index (χ2n) is 6.98. The van der Waals surface area contributed by atoms with Crippen LogP contribution in [0, 0.1) is 5.82 Å². The molecule has 0 N–H and O–H groups in total. The average Bonchev–Trinajstić information content (AvgIpc) is 3.11. The molecule has 0 saturated carbocycles. The van der Waals surface area contributed by atoms with Gasteiger partial charge in [0.25, 0.3) is 0 Å². The number of rotatable bonds is 8. The second kappa shape index (κ2) is 9.35. The molecule has 2 heterocycles. The van der Waals surface area contributed by atoms with E-state index in [9.17, 15) is 22.4 Å². The summed E-state index contributed by atoms with van der Waals surface area (Å²) in [5.41, 5.74) is 1.31. The molecule has 2 atom stereocenters. The highest BCUT2D eigenvalue weighted by Gasteiger charge is 2.36. The van der Waals surface area contributed by atoms with Gasteiger partial charge >= 0.3 is 6.18 Å². The number of aromatic nitrogens is 1. The summed E-state index contributed by atoms with van der Waals surface area (Å²) in [5.74, 6) is -0.476. The molecule has 3 rings (SSSR count). The van der Waals surface area contributed by atoms with E-state index in [2.05, 4.69) is 4.98 Å². The van der Waals surface area contributed by atoms with Crippen LogP contribution in [0.15, 0.2) is 48.8 Å². The summed E-state index contributed by atoms with van der Waals surface area (Å²) in [7, 11) is 0. The number of hydrogen-bond acceptors (Lipinski definition) is 3. The van der Waals surface area contributed by atoms with Gasteiger partial charge in [-0.1, -0.05) is 18.2 Å².